The average Bonchev–Trinajstić information content (AvgIpc) is 2.97. The number of rotatable bonds is 2. The molecule has 0 radical (unpaired) electrons. The Morgan fingerprint density at radius 2 is 2.05 bits per heavy atom. The second-order valence-corrected chi connectivity index (χ2v) is 6.85. The molecule has 0 aliphatic carbocycles. The Hall–Kier alpha value is -1.60. The van der Waals surface area contributed by atoms with Crippen molar-refractivity contribution in [1.29, 1.82) is 0 Å². The highest BCUT2D eigenvalue weighted by atomic mass is 32.2. The molecule has 1 aromatic rings. The summed E-state index contributed by atoms with van der Waals surface area (Å²) in [6.07, 6.45) is 0. The van der Waals surface area contributed by atoms with Gasteiger partial charge < -0.3 is 9.84 Å². The van der Waals surface area contributed by atoms with E-state index in [9.17, 15) is 9.90 Å². The van der Waals surface area contributed by atoms with Crippen molar-refractivity contribution >= 4 is 35.1 Å². The molecule has 2 aliphatic rings. The van der Waals surface area contributed by atoms with E-state index in [-0.39, 0.29) is 11.7 Å². The largest absolute Gasteiger partial charge is 0.507 e. The molecule has 0 unspecified atom stereocenters. The number of phenolic OH excluding ortho intramolecular Hbond substituents is 1. The minimum absolute atomic E-state index is 0.118. The zero-order valence-electron chi connectivity index (χ0n) is 11.8. The first-order chi connectivity index (χ1) is 10.0. The Balaban J connectivity index is 2.06. The van der Waals surface area contributed by atoms with Crippen LogP contribution in [-0.2, 0) is 4.79 Å². The van der Waals surface area contributed by atoms with E-state index in [1.807, 2.05) is 13.8 Å². The molecule has 21 heavy (non-hydrogen) atoms. The molecule has 1 aromatic carbocycles. The van der Waals surface area contributed by atoms with Crippen molar-refractivity contribution in [2.45, 2.75) is 23.6 Å². The number of amides is 1. The molecule has 110 valence electrons. The van der Waals surface area contributed by atoms with Gasteiger partial charge in [-0.3, -0.25) is 4.79 Å². The number of benzene rings is 1. The molecule has 0 aromatic heterocycles. The Morgan fingerprint density at radius 3 is 2.67 bits per heavy atom. The van der Waals surface area contributed by atoms with Crippen molar-refractivity contribution in [1.82, 2.24) is 5.01 Å². The van der Waals surface area contributed by atoms with Crippen molar-refractivity contribution < 1.29 is 14.6 Å². The minimum Gasteiger partial charge on any atom is -0.507 e. The monoisotopic (exact) mass is 322 g/mol. The lowest BCUT2D eigenvalue weighted by atomic mass is 10.2. The van der Waals surface area contributed by atoms with Crippen LogP contribution in [0.5, 0.6) is 11.5 Å². The summed E-state index contributed by atoms with van der Waals surface area (Å²) >= 11 is 2.85. The summed E-state index contributed by atoms with van der Waals surface area (Å²) < 4.78 is 6.43. The molecule has 3 rings (SSSR count). The van der Waals surface area contributed by atoms with Crippen LogP contribution in [0.2, 0.25) is 0 Å². The van der Waals surface area contributed by atoms with Crippen molar-refractivity contribution in [3.63, 3.8) is 0 Å². The standard InChI is InChI=1S/C14H14N2O3S2/c1-4-19-9-6-5-8(17)11-12(9)21-14(20-11)10-7(2)15-16(3)13(10)18/h5-6,17H,4H2,1-3H3/b14-10-. The van der Waals surface area contributed by atoms with Gasteiger partial charge in [-0.05, 0) is 26.0 Å². The third-order valence-corrected chi connectivity index (χ3v) is 5.75. The number of hydrazone groups is 1. The number of hydrogen-bond donors (Lipinski definition) is 1. The van der Waals surface area contributed by atoms with Gasteiger partial charge in [0.05, 0.1) is 31.9 Å². The number of fused-ring (bicyclic) bond motifs is 1. The number of nitrogens with zero attached hydrogens (tertiary/aromatic N) is 2. The first-order valence-electron chi connectivity index (χ1n) is 6.45. The van der Waals surface area contributed by atoms with Crippen LogP contribution in [0.15, 0.2) is 36.8 Å². The topological polar surface area (TPSA) is 62.1 Å². The van der Waals surface area contributed by atoms with Gasteiger partial charge in [0, 0.05) is 7.05 Å². The highest BCUT2D eigenvalue weighted by Gasteiger charge is 2.34. The fourth-order valence-electron chi connectivity index (χ4n) is 2.18. The maximum absolute atomic E-state index is 12.2. The Morgan fingerprint density at radius 1 is 1.33 bits per heavy atom. The van der Waals surface area contributed by atoms with E-state index >= 15 is 0 Å². The smallest absolute Gasteiger partial charge is 0.277 e. The van der Waals surface area contributed by atoms with Crippen molar-refractivity contribution in [3.8, 4) is 11.5 Å². The van der Waals surface area contributed by atoms with Crippen LogP contribution in [0.1, 0.15) is 13.8 Å². The van der Waals surface area contributed by atoms with E-state index in [1.54, 1.807) is 19.2 Å². The molecule has 1 N–H and O–H groups in total. The number of aromatic hydroxyl groups is 1. The fraction of sp³-hybridized carbons (Fsp3) is 0.286. The summed E-state index contributed by atoms with van der Waals surface area (Å²) in [5.41, 5.74) is 1.30. The van der Waals surface area contributed by atoms with Gasteiger partial charge in [0.1, 0.15) is 11.5 Å². The molecule has 0 saturated carbocycles. The molecule has 0 atom stereocenters. The van der Waals surface area contributed by atoms with Crippen LogP contribution in [-0.4, -0.2) is 35.4 Å². The molecular weight excluding hydrogens is 308 g/mol. The Kier molecular flexibility index (Phi) is 3.62. The van der Waals surface area contributed by atoms with Crippen LogP contribution in [0.4, 0.5) is 0 Å². The highest BCUT2D eigenvalue weighted by Crippen LogP contribution is 2.59. The van der Waals surface area contributed by atoms with Gasteiger partial charge in [-0.15, -0.1) is 0 Å². The number of ether oxygens (including phenoxy) is 1. The normalized spacial score (nSPS) is 20.8. The van der Waals surface area contributed by atoms with E-state index < -0.39 is 0 Å². The van der Waals surface area contributed by atoms with Gasteiger partial charge >= 0.3 is 0 Å². The lowest BCUT2D eigenvalue weighted by molar-refractivity contribution is -0.124. The number of hydrogen-bond acceptors (Lipinski definition) is 6. The van der Waals surface area contributed by atoms with Crippen molar-refractivity contribution in [3.05, 3.63) is 21.9 Å². The zero-order valence-corrected chi connectivity index (χ0v) is 13.5. The molecule has 7 heteroatoms. The van der Waals surface area contributed by atoms with Crippen LogP contribution >= 0.6 is 23.5 Å². The van der Waals surface area contributed by atoms with E-state index in [2.05, 4.69) is 5.10 Å². The van der Waals surface area contributed by atoms with Crippen LogP contribution in [0.25, 0.3) is 0 Å². The molecule has 1 amide bonds. The zero-order chi connectivity index (χ0) is 15.1. The molecule has 0 fully saturated rings. The second-order valence-electron chi connectivity index (χ2n) is 4.55. The van der Waals surface area contributed by atoms with Crippen LogP contribution in [0, 0.1) is 0 Å². The molecular formula is C14H14N2O3S2. The predicted octanol–water partition coefficient (Wildman–Crippen LogP) is 3.05. The van der Waals surface area contributed by atoms with E-state index in [1.165, 1.54) is 28.5 Å². The quantitative estimate of drug-likeness (QED) is 0.848. The Bertz CT molecular complexity index is 698. The number of phenols is 1. The third kappa shape index (κ3) is 2.30. The molecule has 2 heterocycles. The van der Waals surface area contributed by atoms with E-state index in [0.29, 0.717) is 17.9 Å². The van der Waals surface area contributed by atoms with Gasteiger partial charge in [0.25, 0.3) is 5.91 Å². The van der Waals surface area contributed by atoms with Crippen LogP contribution in [0.3, 0.4) is 0 Å². The molecule has 0 saturated heterocycles. The predicted molar refractivity (Wildman–Crippen MR) is 83.9 cm³/mol. The number of likely N-dealkylation sites (N-methyl/N-ethyl adjacent to an activating group) is 1. The van der Waals surface area contributed by atoms with Gasteiger partial charge in [-0.25, -0.2) is 5.01 Å². The number of thioether (sulfide) groups is 2. The average molecular weight is 322 g/mol. The highest BCUT2D eigenvalue weighted by molar-refractivity contribution is 8.25. The summed E-state index contributed by atoms with van der Waals surface area (Å²) in [5, 5.41) is 15.5. The summed E-state index contributed by atoms with van der Waals surface area (Å²) in [4.78, 5) is 13.8. The molecule has 5 nitrogen and oxygen atoms in total. The van der Waals surface area contributed by atoms with Gasteiger partial charge in [-0.2, -0.15) is 5.10 Å². The van der Waals surface area contributed by atoms with Gasteiger partial charge in [-0.1, -0.05) is 23.5 Å². The van der Waals surface area contributed by atoms with Crippen LogP contribution < -0.4 is 4.74 Å². The first kappa shape index (κ1) is 14.3. The SMILES string of the molecule is CCOc1ccc(O)c2c1S/C(=C1\C(=O)N(C)N=C1C)S2. The van der Waals surface area contributed by atoms with Gasteiger partial charge in [0.2, 0.25) is 0 Å². The maximum atomic E-state index is 12.2. The first-order valence-corrected chi connectivity index (χ1v) is 8.08. The maximum Gasteiger partial charge on any atom is 0.277 e. The second kappa shape index (κ2) is 5.31. The third-order valence-electron chi connectivity index (χ3n) is 3.12. The lowest BCUT2D eigenvalue weighted by Crippen LogP contribution is -2.17. The fourth-order valence-corrected chi connectivity index (χ4v) is 4.93. The lowest BCUT2D eigenvalue weighted by Gasteiger charge is -2.08. The summed E-state index contributed by atoms with van der Waals surface area (Å²) in [7, 11) is 1.64. The number of carbonyl (C=O) groups is 1. The molecule has 2 aliphatic heterocycles. The van der Waals surface area contributed by atoms with Gasteiger partial charge in [0.15, 0.2) is 0 Å². The van der Waals surface area contributed by atoms with E-state index in [4.69, 9.17) is 4.74 Å². The molecule has 0 bridgehead atoms. The number of carbonyl (C=O) groups excluding carboxylic acids is 1. The summed E-state index contributed by atoms with van der Waals surface area (Å²) in [6, 6.07) is 3.37. The summed E-state index contributed by atoms with van der Waals surface area (Å²) in [5.74, 6) is 0.814. The van der Waals surface area contributed by atoms with Crippen molar-refractivity contribution in [2.24, 2.45) is 5.10 Å². The molecule has 0 spiro atoms. The van der Waals surface area contributed by atoms with E-state index in [0.717, 1.165) is 19.8 Å². The van der Waals surface area contributed by atoms with Crippen molar-refractivity contribution in [2.75, 3.05) is 13.7 Å². The summed E-state index contributed by atoms with van der Waals surface area (Å²) in [6.45, 7) is 4.28. The minimum atomic E-state index is -0.118. The Labute approximate surface area is 131 Å².